The Kier molecular flexibility index (Phi) is 20.1. The molecule has 4 heteroatoms. The van der Waals surface area contributed by atoms with E-state index in [1.54, 1.807) is 24.3 Å². The summed E-state index contributed by atoms with van der Waals surface area (Å²) in [5.74, 6) is 7.59. The monoisotopic (exact) mass is 977 g/mol. The van der Waals surface area contributed by atoms with Crippen LogP contribution in [0.3, 0.4) is 0 Å². The zero-order valence-electron chi connectivity index (χ0n) is 45.3. The Morgan fingerprint density at radius 3 is 1.25 bits per heavy atom. The van der Waals surface area contributed by atoms with Gasteiger partial charge in [0.15, 0.2) is 0 Å². The summed E-state index contributed by atoms with van der Waals surface area (Å²) < 4.78 is 41.8. The molecule has 0 bridgehead atoms. The maximum Gasteiger partial charge on any atom is 0.131 e. The molecular formula is C68H90F2O2. The highest BCUT2D eigenvalue weighted by atomic mass is 19.1. The van der Waals surface area contributed by atoms with Gasteiger partial charge in [-0.2, -0.15) is 0 Å². The predicted octanol–water partition coefficient (Wildman–Crippen LogP) is 20.0. The average Bonchev–Trinajstić information content (AvgIpc) is 3.40. The zero-order chi connectivity index (χ0) is 50.4. The lowest BCUT2D eigenvalue weighted by atomic mass is 9.69. The van der Waals surface area contributed by atoms with Gasteiger partial charge in [-0.3, -0.25) is 0 Å². The predicted molar refractivity (Wildman–Crippen MR) is 299 cm³/mol. The third kappa shape index (κ3) is 15.9. The molecule has 5 aliphatic carbocycles. The molecule has 5 saturated carbocycles. The number of hydrogen-bond acceptors (Lipinski definition) is 2. The van der Waals surface area contributed by atoms with Crippen molar-refractivity contribution in [1.82, 2.24) is 0 Å². The lowest BCUT2D eigenvalue weighted by Crippen LogP contribution is -2.27. The third-order valence-corrected chi connectivity index (χ3v) is 18.2. The Morgan fingerprint density at radius 2 is 0.806 bits per heavy atom. The van der Waals surface area contributed by atoms with Crippen LogP contribution in [-0.4, -0.2) is 12.7 Å². The van der Waals surface area contributed by atoms with E-state index in [1.807, 2.05) is 12.1 Å². The number of ether oxygens (including phenoxy) is 2. The second-order valence-electron chi connectivity index (χ2n) is 24.1. The van der Waals surface area contributed by atoms with Crippen molar-refractivity contribution in [2.24, 2.45) is 41.4 Å². The maximum absolute atomic E-state index is 14.9. The van der Waals surface area contributed by atoms with Gasteiger partial charge in [0.1, 0.15) is 17.4 Å². The standard InChI is InChI=1S/C26H32F2.C21H32O.C21H26O/c1-17-3-7-19(8-4-17)21-11-13-23(25(27)15-21)24-14-12-22(16-26(24)28)20-9-5-18(2)6-10-20;2*1-16-3-9-19(10-4-16)20-11-7-18(8-12-20)15-22-21-13-5-17(2)6-14-21/h11-20H,3-10H2,1-2H3;5-6,13-14,16,18-20H,3-4,7-12,15H2,1-2H3;3-4,7-12,17,21H,5-6,13-15H2,1-2H3. The first-order valence-electron chi connectivity index (χ1n) is 29.0. The summed E-state index contributed by atoms with van der Waals surface area (Å²) in [4.78, 5) is 0. The van der Waals surface area contributed by atoms with Crippen LogP contribution < -0.4 is 4.74 Å². The van der Waals surface area contributed by atoms with Crippen LogP contribution >= 0.6 is 0 Å². The molecule has 388 valence electrons. The second kappa shape index (κ2) is 26.8. The van der Waals surface area contributed by atoms with E-state index in [2.05, 4.69) is 114 Å². The van der Waals surface area contributed by atoms with Gasteiger partial charge in [-0.15, -0.1) is 0 Å². The minimum atomic E-state index is -0.297. The number of rotatable bonds is 11. The van der Waals surface area contributed by atoms with Crippen LogP contribution in [0.5, 0.6) is 5.75 Å². The fraction of sp³-hybridized carbons (Fsp3) is 0.559. The molecule has 5 fully saturated rings. The topological polar surface area (TPSA) is 18.5 Å². The molecule has 5 aromatic carbocycles. The van der Waals surface area contributed by atoms with Crippen molar-refractivity contribution in [3.05, 3.63) is 149 Å². The van der Waals surface area contributed by atoms with E-state index in [0.29, 0.717) is 29.1 Å². The SMILES string of the molecule is CC1CCC(c2ccc(-c3ccc(C4CCC(C)CC4)cc3F)c(F)c2)CC1.Cc1ccc(-c2ccc(COC3CCC(C)CC3)cc2)cc1.Cc1ccc(OCC2CCC(C3CCC(C)CC3)CC2)cc1. The Hall–Kier alpha value is -4.28. The summed E-state index contributed by atoms with van der Waals surface area (Å²) in [6, 6.07) is 36.8. The van der Waals surface area contributed by atoms with Crippen molar-refractivity contribution >= 4 is 0 Å². The molecule has 0 aliphatic heterocycles. The summed E-state index contributed by atoms with van der Waals surface area (Å²) in [7, 11) is 0. The molecule has 0 radical (unpaired) electrons. The number of benzene rings is 5. The van der Waals surface area contributed by atoms with Gasteiger partial charge in [-0.05, 0) is 209 Å². The van der Waals surface area contributed by atoms with E-state index in [9.17, 15) is 8.78 Å². The van der Waals surface area contributed by atoms with Crippen LogP contribution in [0, 0.1) is 66.9 Å². The first-order chi connectivity index (χ1) is 34.9. The molecule has 0 N–H and O–H groups in total. The minimum Gasteiger partial charge on any atom is -0.493 e. The largest absolute Gasteiger partial charge is 0.493 e. The van der Waals surface area contributed by atoms with Crippen LogP contribution in [-0.2, 0) is 11.3 Å². The molecule has 0 unspecified atom stereocenters. The fourth-order valence-corrected chi connectivity index (χ4v) is 12.8. The van der Waals surface area contributed by atoms with Gasteiger partial charge >= 0.3 is 0 Å². The Labute approximate surface area is 435 Å². The van der Waals surface area contributed by atoms with Crippen molar-refractivity contribution < 1.29 is 18.3 Å². The van der Waals surface area contributed by atoms with E-state index < -0.39 is 0 Å². The summed E-state index contributed by atoms with van der Waals surface area (Å²) in [5, 5.41) is 0. The van der Waals surface area contributed by atoms with E-state index in [0.717, 1.165) is 97.2 Å². The van der Waals surface area contributed by atoms with Crippen molar-refractivity contribution in [1.29, 1.82) is 0 Å². The lowest BCUT2D eigenvalue weighted by molar-refractivity contribution is 0.00878. The van der Waals surface area contributed by atoms with Crippen LogP contribution in [0.25, 0.3) is 22.3 Å². The minimum absolute atomic E-state index is 0.297. The number of halogens is 2. The highest BCUT2D eigenvalue weighted by Gasteiger charge is 2.30. The molecule has 0 saturated heterocycles. The summed E-state index contributed by atoms with van der Waals surface area (Å²) in [5.41, 5.74) is 9.33. The van der Waals surface area contributed by atoms with E-state index in [1.165, 1.54) is 131 Å². The second-order valence-corrected chi connectivity index (χ2v) is 24.1. The van der Waals surface area contributed by atoms with Gasteiger partial charge in [0.05, 0.1) is 19.3 Å². The summed E-state index contributed by atoms with van der Waals surface area (Å²) in [6.45, 7) is 15.3. The van der Waals surface area contributed by atoms with Gasteiger partial charge in [-0.1, -0.05) is 162 Å². The van der Waals surface area contributed by atoms with Gasteiger partial charge in [0.25, 0.3) is 0 Å². The first-order valence-corrected chi connectivity index (χ1v) is 29.0. The van der Waals surface area contributed by atoms with Crippen LogP contribution in [0.4, 0.5) is 8.78 Å². The fourth-order valence-electron chi connectivity index (χ4n) is 12.8. The van der Waals surface area contributed by atoms with Crippen molar-refractivity contribution in [3.63, 3.8) is 0 Å². The van der Waals surface area contributed by atoms with E-state index >= 15 is 0 Å². The molecule has 0 atom stereocenters. The van der Waals surface area contributed by atoms with Gasteiger partial charge in [-0.25, -0.2) is 8.78 Å². The normalized spacial score (nSPS) is 27.6. The van der Waals surface area contributed by atoms with Gasteiger partial charge in [0, 0.05) is 11.1 Å². The molecule has 5 aromatic rings. The van der Waals surface area contributed by atoms with Crippen LogP contribution in [0.1, 0.15) is 196 Å². The summed E-state index contributed by atoms with van der Waals surface area (Å²) >= 11 is 0. The molecule has 0 heterocycles. The third-order valence-electron chi connectivity index (χ3n) is 18.2. The first kappa shape index (κ1) is 54.0. The van der Waals surface area contributed by atoms with Gasteiger partial charge in [0.2, 0.25) is 0 Å². The molecule has 0 amide bonds. The molecule has 0 spiro atoms. The molecular weight excluding hydrogens is 887 g/mol. The smallest absolute Gasteiger partial charge is 0.131 e. The number of hydrogen-bond donors (Lipinski definition) is 0. The van der Waals surface area contributed by atoms with Gasteiger partial charge < -0.3 is 9.47 Å². The Balaban J connectivity index is 0.000000146. The molecule has 72 heavy (non-hydrogen) atoms. The Morgan fingerprint density at radius 1 is 0.417 bits per heavy atom. The zero-order valence-corrected chi connectivity index (χ0v) is 45.3. The molecule has 10 rings (SSSR count). The highest BCUT2D eigenvalue weighted by molar-refractivity contribution is 5.66. The quantitative estimate of drug-likeness (QED) is 0.131. The van der Waals surface area contributed by atoms with Crippen molar-refractivity contribution in [3.8, 4) is 28.0 Å². The lowest BCUT2D eigenvalue weighted by Gasteiger charge is -2.37. The molecule has 5 aliphatic rings. The highest BCUT2D eigenvalue weighted by Crippen LogP contribution is 2.42. The van der Waals surface area contributed by atoms with E-state index in [-0.39, 0.29) is 11.6 Å². The maximum atomic E-state index is 14.9. The van der Waals surface area contributed by atoms with Crippen molar-refractivity contribution in [2.75, 3.05) is 6.61 Å². The van der Waals surface area contributed by atoms with Crippen LogP contribution in [0.15, 0.2) is 109 Å². The Bertz CT molecular complexity index is 2280. The van der Waals surface area contributed by atoms with Crippen molar-refractivity contribution in [2.45, 2.75) is 195 Å². The van der Waals surface area contributed by atoms with Crippen LogP contribution in [0.2, 0.25) is 0 Å². The summed E-state index contributed by atoms with van der Waals surface area (Å²) in [6.07, 6.45) is 26.5. The average molecular weight is 977 g/mol. The molecule has 2 nitrogen and oxygen atoms in total. The number of aryl methyl sites for hydroxylation is 2. The molecule has 0 aromatic heterocycles. The van der Waals surface area contributed by atoms with E-state index in [4.69, 9.17) is 9.47 Å².